The molecule has 154 valence electrons. The molecule has 3 aromatic rings. The topological polar surface area (TPSA) is 90.4 Å². The second kappa shape index (κ2) is 9.37. The van der Waals surface area contributed by atoms with E-state index in [1.165, 1.54) is 6.26 Å². The summed E-state index contributed by atoms with van der Waals surface area (Å²) in [4.78, 5) is 16.1. The maximum atomic E-state index is 12.1. The van der Waals surface area contributed by atoms with Crippen LogP contribution in [-0.4, -0.2) is 28.8 Å². The summed E-state index contributed by atoms with van der Waals surface area (Å²) in [6.45, 7) is -1.12. The minimum atomic E-state index is -4.34. The smallest absolute Gasteiger partial charge is 0.411 e. The lowest BCUT2D eigenvalue weighted by atomic mass is 10.1. The quantitative estimate of drug-likeness (QED) is 0.580. The van der Waals surface area contributed by atoms with E-state index in [2.05, 4.69) is 20.2 Å². The fraction of sp³-hybridized carbons (Fsp3) is 0.316. The van der Waals surface area contributed by atoms with Gasteiger partial charge in [0.2, 0.25) is 17.6 Å². The maximum Gasteiger partial charge on any atom is 0.411 e. The first-order valence-corrected chi connectivity index (χ1v) is 8.74. The van der Waals surface area contributed by atoms with Crippen molar-refractivity contribution in [2.24, 2.45) is 0 Å². The summed E-state index contributed by atoms with van der Waals surface area (Å²) < 4.78 is 51.0. The van der Waals surface area contributed by atoms with Gasteiger partial charge in [0.25, 0.3) is 0 Å². The minimum Gasteiger partial charge on any atom is -0.461 e. The number of halogens is 3. The van der Waals surface area contributed by atoms with Crippen LogP contribution in [0.25, 0.3) is 11.6 Å². The van der Waals surface area contributed by atoms with Crippen LogP contribution >= 0.6 is 0 Å². The minimum absolute atomic E-state index is 0.129. The molecule has 0 aliphatic heterocycles. The molecule has 2 aromatic heterocycles. The average Bonchev–Trinajstić information content (AvgIpc) is 3.36. The van der Waals surface area contributed by atoms with E-state index in [1.807, 2.05) is 0 Å². The molecule has 1 aromatic carbocycles. The SMILES string of the molecule is O=C(CCc1nc(-c2ccco2)no1)NCc1ccc(COCC(F)(F)F)cc1. The monoisotopic (exact) mass is 409 g/mol. The maximum absolute atomic E-state index is 12.1. The first-order chi connectivity index (χ1) is 13.9. The van der Waals surface area contributed by atoms with E-state index in [1.54, 1.807) is 36.4 Å². The van der Waals surface area contributed by atoms with Gasteiger partial charge in [0.15, 0.2) is 5.76 Å². The van der Waals surface area contributed by atoms with Crippen LogP contribution < -0.4 is 5.32 Å². The number of nitrogens with one attached hydrogen (secondary N) is 1. The summed E-state index contributed by atoms with van der Waals surface area (Å²) >= 11 is 0. The van der Waals surface area contributed by atoms with Crippen molar-refractivity contribution in [2.75, 3.05) is 6.61 Å². The second-order valence-electron chi connectivity index (χ2n) is 6.19. The van der Waals surface area contributed by atoms with Gasteiger partial charge in [-0.1, -0.05) is 29.4 Å². The molecule has 1 amide bonds. The predicted molar refractivity (Wildman–Crippen MR) is 94.3 cm³/mol. The molecular weight excluding hydrogens is 391 g/mol. The molecule has 0 fully saturated rings. The highest BCUT2D eigenvalue weighted by Gasteiger charge is 2.27. The molecule has 0 aliphatic carbocycles. The largest absolute Gasteiger partial charge is 0.461 e. The van der Waals surface area contributed by atoms with E-state index in [0.717, 1.165) is 5.56 Å². The standard InChI is InChI=1S/C19H18F3N3O4/c20-19(21,22)12-27-11-14-5-3-13(4-6-14)10-23-16(26)7-8-17-24-18(25-29-17)15-2-1-9-28-15/h1-6,9H,7-8,10-12H2,(H,23,26). The van der Waals surface area contributed by atoms with Crippen LogP contribution in [0.5, 0.6) is 0 Å². The Morgan fingerprint density at radius 2 is 1.90 bits per heavy atom. The Kier molecular flexibility index (Phi) is 6.65. The summed E-state index contributed by atoms with van der Waals surface area (Å²) in [6.07, 6.45) is -2.38. The Labute approximate surface area is 163 Å². The van der Waals surface area contributed by atoms with E-state index in [9.17, 15) is 18.0 Å². The number of aromatic nitrogens is 2. The van der Waals surface area contributed by atoms with Crippen molar-refractivity contribution in [3.05, 3.63) is 59.7 Å². The van der Waals surface area contributed by atoms with Gasteiger partial charge in [-0.3, -0.25) is 4.79 Å². The Bertz CT molecular complexity index is 906. The van der Waals surface area contributed by atoms with Crippen molar-refractivity contribution < 1.29 is 31.6 Å². The summed E-state index contributed by atoms with van der Waals surface area (Å²) in [5.74, 6) is 0.941. The van der Waals surface area contributed by atoms with Crippen molar-refractivity contribution in [1.29, 1.82) is 0 Å². The van der Waals surface area contributed by atoms with Crippen LogP contribution in [0.2, 0.25) is 0 Å². The third kappa shape index (κ3) is 6.75. The zero-order valence-electron chi connectivity index (χ0n) is 15.2. The van der Waals surface area contributed by atoms with Crippen LogP contribution in [0, 0.1) is 0 Å². The summed E-state index contributed by atoms with van der Waals surface area (Å²) in [5, 5.41) is 6.55. The molecule has 1 N–H and O–H groups in total. The van der Waals surface area contributed by atoms with Crippen LogP contribution in [0.1, 0.15) is 23.4 Å². The normalized spacial score (nSPS) is 11.6. The molecule has 0 radical (unpaired) electrons. The van der Waals surface area contributed by atoms with Crippen LogP contribution in [0.3, 0.4) is 0 Å². The number of alkyl halides is 3. The molecule has 0 atom stereocenters. The van der Waals surface area contributed by atoms with Crippen molar-refractivity contribution in [2.45, 2.75) is 32.2 Å². The summed E-state index contributed by atoms with van der Waals surface area (Å²) in [7, 11) is 0. The zero-order chi connectivity index (χ0) is 20.7. The molecule has 0 aliphatic rings. The molecule has 2 heterocycles. The van der Waals surface area contributed by atoms with Crippen molar-refractivity contribution in [1.82, 2.24) is 15.5 Å². The van der Waals surface area contributed by atoms with Crippen molar-refractivity contribution in [3.63, 3.8) is 0 Å². The number of benzene rings is 1. The van der Waals surface area contributed by atoms with E-state index in [-0.39, 0.29) is 25.4 Å². The molecule has 0 saturated carbocycles. The van der Waals surface area contributed by atoms with Gasteiger partial charge in [-0.15, -0.1) is 0 Å². The molecule has 3 rings (SSSR count). The van der Waals surface area contributed by atoms with Gasteiger partial charge >= 0.3 is 6.18 Å². The van der Waals surface area contributed by atoms with Gasteiger partial charge in [-0.25, -0.2) is 0 Å². The van der Waals surface area contributed by atoms with Crippen molar-refractivity contribution >= 4 is 5.91 Å². The van der Waals surface area contributed by atoms with Gasteiger partial charge in [-0.2, -0.15) is 18.2 Å². The summed E-state index contributed by atoms with van der Waals surface area (Å²) in [6, 6.07) is 10.2. The number of ether oxygens (including phenoxy) is 1. The number of hydrogen-bond donors (Lipinski definition) is 1. The lowest BCUT2D eigenvalue weighted by molar-refractivity contribution is -0.176. The van der Waals surface area contributed by atoms with E-state index < -0.39 is 12.8 Å². The van der Waals surface area contributed by atoms with E-state index in [0.29, 0.717) is 29.6 Å². The lowest BCUT2D eigenvalue weighted by Crippen LogP contribution is -2.23. The lowest BCUT2D eigenvalue weighted by Gasteiger charge is -2.08. The van der Waals surface area contributed by atoms with Crippen LogP contribution in [0.15, 0.2) is 51.6 Å². The number of aryl methyl sites for hydroxylation is 1. The zero-order valence-corrected chi connectivity index (χ0v) is 15.2. The molecule has 29 heavy (non-hydrogen) atoms. The number of nitrogens with zero attached hydrogens (tertiary/aromatic N) is 2. The fourth-order valence-corrected chi connectivity index (χ4v) is 2.41. The average molecular weight is 409 g/mol. The molecule has 7 nitrogen and oxygen atoms in total. The number of rotatable bonds is 9. The Morgan fingerprint density at radius 1 is 1.14 bits per heavy atom. The van der Waals surface area contributed by atoms with Gasteiger partial charge < -0.3 is 19.0 Å². The first kappa shape index (κ1) is 20.6. The van der Waals surface area contributed by atoms with E-state index >= 15 is 0 Å². The number of furan rings is 1. The molecule has 0 bridgehead atoms. The first-order valence-electron chi connectivity index (χ1n) is 8.74. The van der Waals surface area contributed by atoms with Gasteiger partial charge in [0.1, 0.15) is 6.61 Å². The van der Waals surface area contributed by atoms with Gasteiger partial charge in [0.05, 0.1) is 12.9 Å². The second-order valence-corrected chi connectivity index (χ2v) is 6.19. The van der Waals surface area contributed by atoms with Gasteiger partial charge in [0, 0.05) is 19.4 Å². The van der Waals surface area contributed by atoms with Gasteiger partial charge in [-0.05, 0) is 23.3 Å². The number of carbonyl (C=O) groups excluding carboxylic acids is 1. The molecule has 0 saturated heterocycles. The fourth-order valence-electron chi connectivity index (χ4n) is 2.41. The highest BCUT2D eigenvalue weighted by molar-refractivity contribution is 5.76. The molecule has 0 spiro atoms. The number of carbonyl (C=O) groups is 1. The van der Waals surface area contributed by atoms with Crippen LogP contribution in [0.4, 0.5) is 13.2 Å². The Hall–Kier alpha value is -3.14. The molecule has 0 unspecified atom stereocenters. The summed E-state index contributed by atoms with van der Waals surface area (Å²) in [5.41, 5.74) is 1.43. The highest BCUT2D eigenvalue weighted by atomic mass is 19.4. The third-order valence-corrected chi connectivity index (χ3v) is 3.82. The predicted octanol–water partition coefficient (Wildman–Crippen LogP) is 3.66. The van der Waals surface area contributed by atoms with E-state index in [4.69, 9.17) is 8.94 Å². The number of amides is 1. The Morgan fingerprint density at radius 3 is 2.59 bits per heavy atom. The molecular formula is C19H18F3N3O4. The van der Waals surface area contributed by atoms with Crippen LogP contribution in [-0.2, 0) is 29.1 Å². The Balaban J connectivity index is 1.38. The number of hydrogen-bond acceptors (Lipinski definition) is 6. The highest BCUT2D eigenvalue weighted by Crippen LogP contribution is 2.17. The van der Waals surface area contributed by atoms with Crippen molar-refractivity contribution in [3.8, 4) is 11.6 Å². The molecule has 10 heteroatoms. The third-order valence-electron chi connectivity index (χ3n) is 3.82.